The van der Waals surface area contributed by atoms with Crippen molar-refractivity contribution in [2.24, 2.45) is 5.73 Å². The lowest BCUT2D eigenvalue weighted by Gasteiger charge is -2.38. The number of alkyl halides is 3. The van der Waals surface area contributed by atoms with Crippen LogP contribution in [0.25, 0.3) is 0 Å². The Balaban J connectivity index is 2.27. The van der Waals surface area contributed by atoms with E-state index in [-0.39, 0.29) is 12.5 Å². The zero-order chi connectivity index (χ0) is 14.5. The van der Waals surface area contributed by atoms with Gasteiger partial charge in [-0.1, -0.05) is 19.1 Å². The predicted molar refractivity (Wildman–Crippen MR) is 74.2 cm³/mol. The number of hydrogen-bond donors (Lipinski definition) is 1. The molecule has 1 aliphatic heterocycles. The van der Waals surface area contributed by atoms with Crippen molar-refractivity contribution in [3.63, 3.8) is 0 Å². The molecule has 1 fully saturated rings. The van der Waals surface area contributed by atoms with Gasteiger partial charge in [0.15, 0.2) is 0 Å². The fourth-order valence-corrected chi connectivity index (χ4v) is 2.76. The van der Waals surface area contributed by atoms with Gasteiger partial charge in [-0.3, -0.25) is 4.90 Å². The quantitative estimate of drug-likeness (QED) is 0.760. The molecule has 2 N–H and O–H groups in total. The van der Waals surface area contributed by atoms with Crippen LogP contribution in [0, 0.1) is 0 Å². The molecule has 0 aromatic carbocycles. The molecule has 0 aromatic rings. The number of nitrogens with zero attached hydrogens (tertiary/aromatic N) is 2. The van der Waals surface area contributed by atoms with Gasteiger partial charge in [0, 0.05) is 32.6 Å². The first-order valence-electron chi connectivity index (χ1n) is 6.66. The van der Waals surface area contributed by atoms with E-state index in [1.807, 2.05) is 6.92 Å². The Hall–Kier alpha value is -0.400. The van der Waals surface area contributed by atoms with Crippen LogP contribution >= 0.6 is 12.2 Å². The average Bonchev–Trinajstić information content (AvgIpc) is 2.30. The van der Waals surface area contributed by atoms with Gasteiger partial charge >= 0.3 is 6.18 Å². The molecule has 0 bridgehead atoms. The van der Waals surface area contributed by atoms with Crippen LogP contribution in [0.4, 0.5) is 13.2 Å². The Morgan fingerprint density at radius 3 is 2.26 bits per heavy atom. The van der Waals surface area contributed by atoms with E-state index in [2.05, 4.69) is 9.80 Å². The van der Waals surface area contributed by atoms with Crippen molar-refractivity contribution in [1.82, 2.24) is 9.80 Å². The highest BCUT2D eigenvalue weighted by Gasteiger charge is 2.28. The molecular formula is C12H22F3N3S. The van der Waals surface area contributed by atoms with Crippen LogP contribution in [-0.2, 0) is 0 Å². The molecule has 0 aliphatic carbocycles. The highest BCUT2D eigenvalue weighted by Crippen LogP contribution is 2.21. The van der Waals surface area contributed by atoms with Crippen molar-refractivity contribution < 1.29 is 13.2 Å². The Kier molecular flexibility index (Phi) is 6.49. The fraction of sp³-hybridized carbons (Fsp3) is 0.917. The third-order valence-corrected chi connectivity index (χ3v) is 3.77. The van der Waals surface area contributed by atoms with Crippen LogP contribution in [0.3, 0.4) is 0 Å². The van der Waals surface area contributed by atoms with Crippen molar-refractivity contribution in [2.75, 3.05) is 32.7 Å². The molecule has 1 atom stereocenters. The molecule has 1 rings (SSSR count). The van der Waals surface area contributed by atoms with Crippen LogP contribution < -0.4 is 5.73 Å². The minimum Gasteiger partial charge on any atom is -0.392 e. The predicted octanol–water partition coefficient (Wildman–Crippen LogP) is 2.01. The van der Waals surface area contributed by atoms with Crippen molar-refractivity contribution in [3.8, 4) is 0 Å². The molecule has 0 radical (unpaired) electrons. The molecule has 19 heavy (non-hydrogen) atoms. The Bertz CT molecular complexity index is 288. The summed E-state index contributed by atoms with van der Waals surface area (Å²) in [6.45, 7) is 5.77. The molecule has 1 unspecified atom stereocenters. The highest BCUT2D eigenvalue weighted by atomic mass is 32.1. The normalized spacial score (nSPS) is 20.4. The van der Waals surface area contributed by atoms with Crippen molar-refractivity contribution >= 4 is 17.2 Å². The van der Waals surface area contributed by atoms with E-state index in [4.69, 9.17) is 18.0 Å². The molecule has 1 aliphatic rings. The lowest BCUT2D eigenvalue weighted by atomic mass is 10.1. The SMILES string of the molecule is CCC(C(N)=S)N1CCN(CCCC(F)(F)F)CC1. The van der Waals surface area contributed by atoms with Gasteiger partial charge in [0.25, 0.3) is 0 Å². The van der Waals surface area contributed by atoms with E-state index in [0.29, 0.717) is 11.5 Å². The summed E-state index contributed by atoms with van der Waals surface area (Å²) in [5, 5.41) is 0. The summed E-state index contributed by atoms with van der Waals surface area (Å²) in [6.07, 6.45) is -3.68. The standard InChI is InChI=1S/C12H22F3N3S/c1-2-10(11(16)19)18-8-6-17(7-9-18)5-3-4-12(13,14)15/h10H,2-9H2,1H3,(H2,16,19). The topological polar surface area (TPSA) is 32.5 Å². The summed E-state index contributed by atoms with van der Waals surface area (Å²) in [5.41, 5.74) is 5.69. The van der Waals surface area contributed by atoms with E-state index in [1.54, 1.807) is 0 Å². The lowest BCUT2D eigenvalue weighted by Crippen LogP contribution is -2.53. The van der Waals surface area contributed by atoms with Gasteiger partial charge in [-0.05, 0) is 19.4 Å². The van der Waals surface area contributed by atoms with Gasteiger partial charge in [0.05, 0.1) is 11.0 Å². The third kappa shape index (κ3) is 6.05. The fourth-order valence-electron chi connectivity index (χ4n) is 2.44. The van der Waals surface area contributed by atoms with Crippen molar-refractivity contribution in [3.05, 3.63) is 0 Å². The van der Waals surface area contributed by atoms with Crippen LogP contribution in [0.5, 0.6) is 0 Å². The zero-order valence-electron chi connectivity index (χ0n) is 11.2. The molecule has 0 amide bonds. The summed E-state index contributed by atoms with van der Waals surface area (Å²) in [6, 6.07) is 0.118. The van der Waals surface area contributed by atoms with Gasteiger partial charge in [-0.15, -0.1) is 0 Å². The Labute approximate surface area is 117 Å². The van der Waals surface area contributed by atoms with Crippen molar-refractivity contribution in [2.45, 2.75) is 38.4 Å². The molecule has 0 saturated carbocycles. The van der Waals surface area contributed by atoms with E-state index in [1.165, 1.54) is 0 Å². The molecule has 112 valence electrons. The molecular weight excluding hydrogens is 275 g/mol. The second-order valence-corrected chi connectivity index (χ2v) is 5.39. The van der Waals surface area contributed by atoms with Crippen molar-refractivity contribution in [1.29, 1.82) is 0 Å². The van der Waals surface area contributed by atoms with Gasteiger partial charge < -0.3 is 10.6 Å². The first kappa shape index (κ1) is 16.7. The molecule has 0 spiro atoms. The first-order chi connectivity index (χ1) is 8.83. The lowest BCUT2D eigenvalue weighted by molar-refractivity contribution is -0.136. The number of halogens is 3. The minimum absolute atomic E-state index is 0.118. The third-order valence-electron chi connectivity index (χ3n) is 3.50. The van der Waals surface area contributed by atoms with Crippen LogP contribution in [0.2, 0.25) is 0 Å². The smallest absolute Gasteiger partial charge is 0.389 e. The molecule has 3 nitrogen and oxygen atoms in total. The van der Waals surface area contributed by atoms with Crippen LogP contribution in [-0.4, -0.2) is 59.7 Å². The molecule has 7 heteroatoms. The average molecular weight is 297 g/mol. The van der Waals surface area contributed by atoms with Gasteiger partial charge in [0.2, 0.25) is 0 Å². The Morgan fingerprint density at radius 2 is 1.84 bits per heavy atom. The van der Waals surface area contributed by atoms with Gasteiger partial charge in [-0.25, -0.2) is 0 Å². The van der Waals surface area contributed by atoms with Crippen LogP contribution in [0.15, 0.2) is 0 Å². The summed E-state index contributed by atoms with van der Waals surface area (Å²) in [5.74, 6) is 0. The first-order valence-corrected chi connectivity index (χ1v) is 7.06. The highest BCUT2D eigenvalue weighted by molar-refractivity contribution is 7.80. The summed E-state index contributed by atoms with van der Waals surface area (Å²) in [4.78, 5) is 4.81. The minimum atomic E-state index is -4.04. The Morgan fingerprint density at radius 1 is 1.26 bits per heavy atom. The summed E-state index contributed by atoms with van der Waals surface area (Å²) < 4.78 is 36.2. The maximum absolute atomic E-state index is 12.1. The summed E-state index contributed by atoms with van der Waals surface area (Å²) in [7, 11) is 0. The summed E-state index contributed by atoms with van der Waals surface area (Å²) >= 11 is 5.03. The van der Waals surface area contributed by atoms with Gasteiger partial charge in [-0.2, -0.15) is 13.2 Å². The number of thiocarbonyl (C=S) groups is 1. The van der Waals surface area contributed by atoms with E-state index < -0.39 is 12.6 Å². The molecule has 0 aromatic heterocycles. The second-order valence-electron chi connectivity index (χ2n) is 4.92. The van der Waals surface area contributed by atoms with E-state index in [0.717, 1.165) is 32.6 Å². The zero-order valence-corrected chi connectivity index (χ0v) is 12.1. The number of piperazine rings is 1. The maximum atomic E-state index is 12.1. The van der Waals surface area contributed by atoms with E-state index >= 15 is 0 Å². The van der Waals surface area contributed by atoms with Gasteiger partial charge in [0.1, 0.15) is 0 Å². The maximum Gasteiger partial charge on any atom is 0.389 e. The van der Waals surface area contributed by atoms with Crippen LogP contribution in [0.1, 0.15) is 26.2 Å². The molecule has 1 heterocycles. The number of rotatable bonds is 6. The number of nitrogens with two attached hydrogens (primary N) is 1. The monoisotopic (exact) mass is 297 g/mol. The second kappa shape index (κ2) is 7.40. The largest absolute Gasteiger partial charge is 0.392 e. The van der Waals surface area contributed by atoms with E-state index in [9.17, 15) is 13.2 Å². The number of hydrogen-bond acceptors (Lipinski definition) is 3. The molecule has 1 saturated heterocycles.